The van der Waals surface area contributed by atoms with Gasteiger partial charge in [0.2, 0.25) is 0 Å². The normalized spacial score (nSPS) is 22.5. The predicted octanol–water partition coefficient (Wildman–Crippen LogP) is 0.655. The summed E-state index contributed by atoms with van der Waals surface area (Å²) in [4.78, 5) is 0. The molecule has 1 saturated carbocycles. The summed E-state index contributed by atoms with van der Waals surface area (Å²) < 4.78 is 5.51. The van der Waals surface area contributed by atoms with E-state index in [-0.39, 0.29) is 0 Å². The first kappa shape index (κ1) is 9.96. The fourth-order valence-corrected chi connectivity index (χ4v) is 1.55. The standard InChI is InChI=1S/C9H19NO2/c10-6-8(11)7-12-9-4-2-1-3-5-9/h8-9,11H,1-7,10H2. The van der Waals surface area contributed by atoms with Crippen LogP contribution in [0.25, 0.3) is 0 Å². The molecule has 0 aliphatic heterocycles. The molecule has 1 aliphatic carbocycles. The Kier molecular flexibility index (Phi) is 4.58. The number of hydrogen-bond acceptors (Lipinski definition) is 3. The van der Waals surface area contributed by atoms with E-state index in [9.17, 15) is 0 Å². The molecule has 0 bridgehead atoms. The lowest BCUT2D eigenvalue weighted by Crippen LogP contribution is -2.28. The molecular formula is C9H19NO2. The molecule has 1 fully saturated rings. The first-order valence-electron chi connectivity index (χ1n) is 4.82. The Morgan fingerprint density at radius 2 is 2.00 bits per heavy atom. The maximum Gasteiger partial charge on any atom is 0.0895 e. The van der Waals surface area contributed by atoms with Gasteiger partial charge in [-0.25, -0.2) is 0 Å². The van der Waals surface area contributed by atoms with Crippen LogP contribution in [0.3, 0.4) is 0 Å². The van der Waals surface area contributed by atoms with Gasteiger partial charge in [0.1, 0.15) is 0 Å². The van der Waals surface area contributed by atoms with E-state index in [0.717, 1.165) is 12.8 Å². The second-order valence-electron chi connectivity index (χ2n) is 3.48. The first-order chi connectivity index (χ1) is 5.83. The Labute approximate surface area is 73.9 Å². The molecule has 3 N–H and O–H groups in total. The van der Waals surface area contributed by atoms with E-state index in [0.29, 0.717) is 19.3 Å². The van der Waals surface area contributed by atoms with E-state index in [2.05, 4.69) is 0 Å². The summed E-state index contributed by atoms with van der Waals surface area (Å²) in [5.41, 5.74) is 5.26. The topological polar surface area (TPSA) is 55.5 Å². The monoisotopic (exact) mass is 173 g/mol. The third kappa shape index (κ3) is 3.52. The van der Waals surface area contributed by atoms with Gasteiger partial charge in [0, 0.05) is 6.54 Å². The Bertz CT molecular complexity index is 113. The number of rotatable bonds is 4. The van der Waals surface area contributed by atoms with Crippen molar-refractivity contribution >= 4 is 0 Å². The van der Waals surface area contributed by atoms with Crippen LogP contribution in [0.4, 0.5) is 0 Å². The minimum Gasteiger partial charge on any atom is -0.389 e. The van der Waals surface area contributed by atoms with E-state index in [1.165, 1.54) is 19.3 Å². The van der Waals surface area contributed by atoms with Gasteiger partial charge in [0.15, 0.2) is 0 Å². The molecule has 0 radical (unpaired) electrons. The fraction of sp³-hybridized carbons (Fsp3) is 1.00. The second-order valence-corrected chi connectivity index (χ2v) is 3.48. The highest BCUT2D eigenvalue weighted by molar-refractivity contribution is 4.66. The summed E-state index contributed by atoms with van der Waals surface area (Å²) in [6.07, 6.45) is 6.06. The summed E-state index contributed by atoms with van der Waals surface area (Å²) >= 11 is 0. The van der Waals surface area contributed by atoms with Crippen molar-refractivity contribution < 1.29 is 9.84 Å². The lowest BCUT2D eigenvalue weighted by atomic mass is 9.98. The zero-order valence-corrected chi connectivity index (χ0v) is 7.54. The molecule has 3 nitrogen and oxygen atoms in total. The Morgan fingerprint density at radius 3 is 2.58 bits per heavy atom. The molecule has 1 atom stereocenters. The molecule has 1 unspecified atom stereocenters. The molecular weight excluding hydrogens is 154 g/mol. The highest BCUT2D eigenvalue weighted by Gasteiger charge is 2.14. The van der Waals surface area contributed by atoms with Crippen molar-refractivity contribution in [2.24, 2.45) is 5.73 Å². The number of hydrogen-bond donors (Lipinski definition) is 2. The molecule has 1 aliphatic rings. The third-order valence-electron chi connectivity index (χ3n) is 2.35. The molecule has 0 aromatic rings. The van der Waals surface area contributed by atoms with Crippen molar-refractivity contribution in [3.05, 3.63) is 0 Å². The summed E-state index contributed by atoms with van der Waals surface area (Å²) in [5, 5.41) is 9.14. The zero-order chi connectivity index (χ0) is 8.81. The van der Waals surface area contributed by atoms with Gasteiger partial charge in [-0.1, -0.05) is 19.3 Å². The average molecular weight is 173 g/mol. The Hall–Kier alpha value is -0.120. The summed E-state index contributed by atoms with van der Waals surface area (Å²) in [6, 6.07) is 0. The van der Waals surface area contributed by atoms with Crippen molar-refractivity contribution in [3.8, 4) is 0 Å². The summed E-state index contributed by atoms with van der Waals surface area (Å²) in [7, 11) is 0. The number of aliphatic hydroxyl groups excluding tert-OH is 1. The Morgan fingerprint density at radius 1 is 1.33 bits per heavy atom. The second kappa shape index (κ2) is 5.51. The molecule has 12 heavy (non-hydrogen) atoms. The van der Waals surface area contributed by atoms with Crippen molar-refractivity contribution in [2.75, 3.05) is 13.2 Å². The van der Waals surface area contributed by atoms with Gasteiger partial charge >= 0.3 is 0 Å². The van der Waals surface area contributed by atoms with Gasteiger partial charge in [-0.3, -0.25) is 0 Å². The first-order valence-corrected chi connectivity index (χ1v) is 4.82. The number of nitrogens with two attached hydrogens (primary N) is 1. The number of ether oxygens (including phenoxy) is 1. The summed E-state index contributed by atoms with van der Waals surface area (Å²) in [6.45, 7) is 0.702. The maximum atomic E-state index is 9.14. The highest BCUT2D eigenvalue weighted by atomic mass is 16.5. The fourth-order valence-electron chi connectivity index (χ4n) is 1.55. The molecule has 0 amide bonds. The van der Waals surface area contributed by atoms with Crippen LogP contribution in [0.15, 0.2) is 0 Å². The quantitative estimate of drug-likeness (QED) is 0.656. The lowest BCUT2D eigenvalue weighted by Gasteiger charge is -2.22. The van der Waals surface area contributed by atoms with Crippen molar-refractivity contribution in [1.29, 1.82) is 0 Å². The molecule has 3 heteroatoms. The van der Waals surface area contributed by atoms with Crippen molar-refractivity contribution in [1.82, 2.24) is 0 Å². The average Bonchev–Trinajstić information content (AvgIpc) is 2.16. The van der Waals surface area contributed by atoms with Gasteiger partial charge in [0.25, 0.3) is 0 Å². The smallest absolute Gasteiger partial charge is 0.0895 e. The van der Waals surface area contributed by atoms with E-state index in [1.807, 2.05) is 0 Å². The van der Waals surface area contributed by atoms with Gasteiger partial charge in [-0.15, -0.1) is 0 Å². The predicted molar refractivity (Wildman–Crippen MR) is 47.9 cm³/mol. The molecule has 0 aromatic carbocycles. The number of aliphatic hydroxyl groups is 1. The van der Waals surface area contributed by atoms with Crippen LogP contribution in [0, 0.1) is 0 Å². The van der Waals surface area contributed by atoms with Crippen LogP contribution in [-0.4, -0.2) is 30.5 Å². The van der Waals surface area contributed by atoms with Gasteiger partial charge < -0.3 is 15.6 Å². The van der Waals surface area contributed by atoms with E-state index >= 15 is 0 Å². The SMILES string of the molecule is NCC(O)COC1CCCCC1. The molecule has 0 saturated heterocycles. The van der Waals surface area contributed by atoms with Crippen LogP contribution in [-0.2, 0) is 4.74 Å². The maximum absolute atomic E-state index is 9.14. The van der Waals surface area contributed by atoms with Gasteiger partial charge in [-0.05, 0) is 12.8 Å². The highest BCUT2D eigenvalue weighted by Crippen LogP contribution is 2.20. The van der Waals surface area contributed by atoms with E-state index in [4.69, 9.17) is 15.6 Å². The molecule has 1 rings (SSSR count). The van der Waals surface area contributed by atoms with Crippen LogP contribution < -0.4 is 5.73 Å². The van der Waals surface area contributed by atoms with Crippen LogP contribution in [0.1, 0.15) is 32.1 Å². The van der Waals surface area contributed by atoms with Crippen molar-refractivity contribution in [3.63, 3.8) is 0 Å². The molecule has 0 heterocycles. The van der Waals surface area contributed by atoms with E-state index < -0.39 is 6.10 Å². The third-order valence-corrected chi connectivity index (χ3v) is 2.35. The largest absolute Gasteiger partial charge is 0.389 e. The minimum atomic E-state index is -0.480. The summed E-state index contributed by atoms with van der Waals surface area (Å²) in [5.74, 6) is 0. The molecule has 72 valence electrons. The minimum absolute atomic E-state index is 0.298. The van der Waals surface area contributed by atoms with Crippen molar-refractivity contribution in [2.45, 2.75) is 44.3 Å². The van der Waals surface area contributed by atoms with Gasteiger partial charge in [0.05, 0.1) is 18.8 Å². The van der Waals surface area contributed by atoms with Crippen LogP contribution in [0.5, 0.6) is 0 Å². The lowest BCUT2D eigenvalue weighted by molar-refractivity contribution is -0.0206. The van der Waals surface area contributed by atoms with Crippen LogP contribution >= 0.6 is 0 Å². The van der Waals surface area contributed by atoms with E-state index in [1.54, 1.807) is 0 Å². The Balaban J connectivity index is 2.05. The zero-order valence-electron chi connectivity index (χ0n) is 7.54. The molecule has 0 aromatic heterocycles. The van der Waals surface area contributed by atoms with Gasteiger partial charge in [-0.2, -0.15) is 0 Å². The van der Waals surface area contributed by atoms with Crippen LogP contribution in [0.2, 0.25) is 0 Å². The molecule has 0 spiro atoms.